The lowest BCUT2D eigenvalue weighted by molar-refractivity contribution is 0.669. The summed E-state index contributed by atoms with van der Waals surface area (Å²) in [6, 6.07) is 65.4. The zero-order chi connectivity index (χ0) is 37.5. The lowest BCUT2D eigenvalue weighted by Gasteiger charge is -2.12. The van der Waals surface area contributed by atoms with E-state index < -0.39 is 0 Å². The van der Waals surface area contributed by atoms with Crippen molar-refractivity contribution in [3.63, 3.8) is 0 Å². The van der Waals surface area contributed by atoms with Gasteiger partial charge in [-0.25, -0.2) is 9.97 Å². The molecular weight excluding hydrogens is 699 g/mol. The first-order valence-electron chi connectivity index (χ1n) is 19.1. The van der Waals surface area contributed by atoms with E-state index in [1.807, 2.05) is 36.4 Å². The van der Waals surface area contributed by atoms with Crippen LogP contribution in [0.25, 0.3) is 116 Å². The number of benzene rings is 8. The molecule has 0 aliphatic rings. The predicted octanol–water partition coefficient (Wildman–Crippen LogP) is 14.0. The number of hydrogen-bond acceptors (Lipinski definition) is 4. The number of rotatable bonds is 5. The molecule has 0 radical (unpaired) electrons. The number of nitrogens with zero attached hydrogens (tertiary/aromatic N) is 3. The summed E-state index contributed by atoms with van der Waals surface area (Å²) in [6.07, 6.45) is 0. The molecule has 0 atom stereocenters. The van der Waals surface area contributed by atoms with Gasteiger partial charge in [-0.3, -0.25) is 0 Å². The third kappa shape index (κ3) is 4.96. The van der Waals surface area contributed by atoms with Gasteiger partial charge in [0.15, 0.2) is 5.82 Å². The summed E-state index contributed by atoms with van der Waals surface area (Å²) in [4.78, 5) is 10.5. The minimum Gasteiger partial charge on any atom is -0.456 e. The van der Waals surface area contributed by atoms with E-state index >= 15 is 0 Å². The predicted molar refractivity (Wildman–Crippen MR) is 233 cm³/mol. The molecule has 4 heterocycles. The van der Waals surface area contributed by atoms with Crippen LogP contribution in [0.5, 0.6) is 0 Å². The van der Waals surface area contributed by atoms with Gasteiger partial charge < -0.3 is 13.4 Å². The van der Waals surface area contributed by atoms with Gasteiger partial charge in [-0.2, -0.15) is 0 Å². The van der Waals surface area contributed by atoms with Crippen LogP contribution in [-0.2, 0) is 0 Å². The highest BCUT2D eigenvalue weighted by Gasteiger charge is 2.20. The van der Waals surface area contributed by atoms with Gasteiger partial charge in [0.2, 0.25) is 0 Å². The minimum atomic E-state index is 0.613. The third-order valence-corrected chi connectivity index (χ3v) is 11.3. The van der Waals surface area contributed by atoms with Gasteiger partial charge in [0.25, 0.3) is 0 Å². The lowest BCUT2D eigenvalue weighted by atomic mass is 10.0. The Morgan fingerprint density at radius 2 is 0.965 bits per heavy atom. The van der Waals surface area contributed by atoms with E-state index in [9.17, 15) is 0 Å². The maximum Gasteiger partial charge on any atom is 0.164 e. The molecular formula is C52H31N3O2. The summed E-state index contributed by atoms with van der Waals surface area (Å²) in [5, 5.41) is 6.77. The van der Waals surface area contributed by atoms with E-state index in [1.165, 1.54) is 16.3 Å². The van der Waals surface area contributed by atoms with Gasteiger partial charge >= 0.3 is 0 Å². The molecule has 0 spiro atoms. The maximum absolute atomic E-state index is 6.48. The Hall–Kier alpha value is -7.76. The molecule has 4 aromatic heterocycles. The second-order valence-corrected chi connectivity index (χ2v) is 14.5. The molecule has 5 nitrogen and oxygen atoms in total. The van der Waals surface area contributed by atoms with Crippen molar-refractivity contribution in [2.75, 3.05) is 0 Å². The number of hydrogen-bond donors (Lipinski definition) is 0. The molecule has 0 saturated carbocycles. The normalized spacial score (nSPS) is 11.9. The first-order chi connectivity index (χ1) is 28.2. The Balaban J connectivity index is 1.02. The summed E-state index contributed by atoms with van der Waals surface area (Å²) in [6.45, 7) is 0. The first-order valence-corrected chi connectivity index (χ1v) is 19.1. The second kappa shape index (κ2) is 12.4. The highest BCUT2D eigenvalue weighted by Crippen LogP contribution is 2.42. The molecule has 0 bridgehead atoms. The molecule has 0 fully saturated rings. The van der Waals surface area contributed by atoms with Crippen LogP contribution in [0.1, 0.15) is 0 Å². The van der Waals surface area contributed by atoms with Crippen LogP contribution < -0.4 is 0 Å². The summed E-state index contributed by atoms with van der Waals surface area (Å²) >= 11 is 0. The Morgan fingerprint density at radius 3 is 1.74 bits per heavy atom. The molecule has 5 heteroatoms. The van der Waals surface area contributed by atoms with Gasteiger partial charge in [0, 0.05) is 49.1 Å². The van der Waals surface area contributed by atoms with Gasteiger partial charge in [-0.05, 0) is 65.7 Å². The van der Waals surface area contributed by atoms with Crippen LogP contribution in [0.2, 0.25) is 0 Å². The number of para-hydroxylation sites is 4. The SMILES string of the molecule is c1ccc(-c2ccc(-c3cc(-c4ccc(-n5c6ccccc6c6c7c(ccc65)oc5ccccc57)cc4)nc(-c4cccc5c4oc4ccccc45)n3)cc2)cc1. The van der Waals surface area contributed by atoms with E-state index in [1.54, 1.807) is 0 Å². The van der Waals surface area contributed by atoms with Crippen LogP contribution in [-0.4, -0.2) is 14.5 Å². The fraction of sp³-hybridized carbons (Fsp3) is 0. The smallest absolute Gasteiger partial charge is 0.164 e. The lowest BCUT2D eigenvalue weighted by Crippen LogP contribution is -1.97. The van der Waals surface area contributed by atoms with Crippen LogP contribution in [0.4, 0.5) is 0 Å². The number of furan rings is 2. The highest BCUT2D eigenvalue weighted by molar-refractivity contribution is 6.27. The quantitative estimate of drug-likeness (QED) is 0.177. The maximum atomic E-state index is 6.48. The van der Waals surface area contributed by atoms with Crippen molar-refractivity contribution in [1.82, 2.24) is 14.5 Å². The van der Waals surface area contributed by atoms with E-state index in [-0.39, 0.29) is 0 Å². The largest absolute Gasteiger partial charge is 0.456 e. The fourth-order valence-electron chi connectivity index (χ4n) is 8.58. The van der Waals surface area contributed by atoms with Crippen molar-refractivity contribution in [2.24, 2.45) is 0 Å². The molecule has 0 N–H and O–H groups in total. The summed E-state index contributed by atoms with van der Waals surface area (Å²) in [7, 11) is 0. The molecule has 0 saturated heterocycles. The van der Waals surface area contributed by atoms with Crippen LogP contribution in [0.3, 0.4) is 0 Å². The van der Waals surface area contributed by atoms with Crippen molar-refractivity contribution in [3.05, 3.63) is 188 Å². The summed E-state index contributed by atoms with van der Waals surface area (Å²) in [5.74, 6) is 0.613. The Labute approximate surface area is 326 Å². The van der Waals surface area contributed by atoms with Crippen LogP contribution in [0.15, 0.2) is 197 Å². The van der Waals surface area contributed by atoms with E-state index in [0.717, 1.165) is 94.2 Å². The molecule has 0 aliphatic carbocycles. The molecule has 0 unspecified atom stereocenters. The Kier molecular flexibility index (Phi) is 6.86. The first kappa shape index (κ1) is 31.6. The minimum absolute atomic E-state index is 0.613. The standard InChI is InChI=1S/C52H31N3O2/c1-2-11-32(12-3-1)33-21-23-34(24-22-33)42-31-43(54-52(53-42)41-17-10-16-38-37-13-5-8-19-46(37)57-51(38)41)35-25-27-36(28-26-35)55-44-18-7-4-14-39(44)49-45(55)29-30-48-50(49)40-15-6-9-20-47(40)56-48/h1-31H. The molecule has 0 aliphatic heterocycles. The van der Waals surface area contributed by atoms with Gasteiger partial charge in [-0.1, -0.05) is 133 Å². The molecule has 8 aromatic carbocycles. The van der Waals surface area contributed by atoms with Crippen molar-refractivity contribution in [3.8, 4) is 50.7 Å². The topological polar surface area (TPSA) is 57.0 Å². The van der Waals surface area contributed by atoms with Crippen LogP contribution >= 0.6 is 0 Å². The summed E-state index contributed by atoms with van der Waals surface area (Å²) < 4.78 is 15.1. The number of aromatic nitrogens is 3. The van der Waals surface area contributed by atoms with E-state index in [4.69, 9.17) is 18.8 Å². The van der Waals surface area contributed by atoms with Crippen molar-refractivity contribution in [1.29, 1.82) is 0 Å². The van der Waals surface area contributed by atoms with Gasteiger partial charge in [0.1, 0.15) is 22.3 Å². The summed E-state index contributed by atoms with van der Waals surface area (Å²) in [5.41, 5.74) is 13.6. The van der Waals surface area contributed by atoms with Gasteiger partial charge in [-0.15, -0.1) is 0 Å². The molecule has 12 rings (SSSR count). The molecule has 0 amide bonds. The Bertz CT molecular complexity index is 3500. The monoisotopic (exact) mass is 729 g/mol. The van der Waals surface area contributed by atoms with Crippen molar-refractivity contribution >= 4 is 65.7 Å². The van der Waals surface area contributed by atoms with E-state index in [2.05, 4.69) is 156 Å². The molecule has 57 heavy (non-hydrogen) atoms. The fourth-order valence-corrected chi connectivity index (χ4v) is 8.58. The van der Waals surface area contributed by atoms with Gasteiger partial charge in [0.05, 0.1) is 28.0 Å². The second-order valence-electron chi connectivity index (χ2n) is 14.5. The van der Waals surface area contributed by atoms with E-state index in [0.29, 0.717) is 5.82 Å². The molecule has 12 aromatic rings. The zero-order valence-corrected chi connectivity index (χ0v) is 30.6. The average Bonchev–Trinajstić information content (AvgIpc) is 3.96. The van der Waals surface area contributed by atoms with Crippen molar-refractivity contribution in [2.45, 2.75) is 0 Å². The van der Waals surface area contributed by atoms with Crippen LogP contribution in [0, 0.1) is 0 Å². The Morgan fingerprint density at radius 1 is 0.368 bits per heavy atom. The highest BCUT2D eigenvalue weighted by atomic mass is 16.3. The number of fused-ring (bicyclic) bond motifs is 10. The average molecular weight is 730 g/mol. The third-order valence-electron chi connectivity index (χ3n) is 11.3. The van der Waals surface area contributed by atoms with Crippen molar-refractivity contribution < 1.29 is 8.83 Å². The zero-order valence-electron chi connectivity index (χ0n) is 30.6. The molecule has 266 valence electrons.